The Morgan fingerprint density at radius 3 is 2.63 bits per heavy atom. The minimum absolute atomic E-state index is 0.148. The summed E-state index contributed by atoms with van der Waals surface area (Å²) in [5, 5.41) is 0. The Kier molecular flexibility index (Phi) is 4.05. The molecule has 1 heterocycles. The molecule has 0 bridgehead atoms. The summed E-state index contributed by atoms with van der Waals surface area (Å²) in [5.41, 5.74) is 2.94. The number of para-hydroxylation sites is 1. The highest BCUT2D eigenvalue weighted by Gasteiger charge is 2.10. The van der Waals surface area contributed by atoms with Gasteiger partial charge in [0.15, 0.2) is 0 Å². The van der Waals surface area contributed by atoms with E-state index in [1.54, 1.807) is 13.3 Å². The second-order valence-corrected chi connectivity index (χ2v) is 4.70. The molecule has 3 nitrogen and oxygen atoms in total. The maximum absolute atomic E-state index is 5.70. The zero-order chi connectivity index (χ0) is 13.8. The Hall–Kier alpha value is -2.03. The Balaban J connectivity index is 2.44. The number of hydrogen-bond acceptors (Lipinski definition) is 3. The Morgan fingerprint density at radius 2 is 1.95 bits per heavy atom. The van der Waals surface area contributed by atoms with Crippen LogP contribution >= 0.6 is 0 Å². The number of ether oxygens (including phenoxy) is 2. The first kappa shape index (κ1) is 13.4. The summed E-state index contributed by atoms with van der Waals surface area (Å²) < 4.78 is 11.2. The smallest absolute Gasteiger partial charge is 0.131 e. The second kappa shape index (κ2) is 5.74. The number of benzene rings is 1. The Morgan fingerprint density at radius 1 is 1.16 bits per heavy atom. The third-order valence-corrected chi connectivity index (χ3v) is 2.80. The number of pyridine rings is 1. The van der Waals surface area contributed by atoms with E-state index in [-0.39, 0.29) is 6.10 Å². The van der Waals surface area contributed by atoms with Gasteiger partial charge >= 0.3 is 0 Å². The first-order chi connectivity index (χ1) is 9.11. The molecule has 0 fully saturated rings. The summed E-state index contributed by atoms with van der Waals surface area (Å²) in [5.74, 6) is 1.68. The van der Waals surface area contributed by atoms with Crippen molar-refractivity contribution < 1.29 is 9.47 Å². The molecule has 0 aliphatic heterocycles. The van der Waals surface area contributed by atoms with E-state index >= 15 is 0 Å². The van der Waals surface area contributed by atoms with Crippen molar-refractivity contribution in [2.75, 3.05) is 7.11 Å². The first-order valence-corrected chi connectivity index (χ1v) is 6.38. The summed E-state index contributed by atoms with van der Waals surface area (Å²) in [6.45, 7) is 6.04. The van der Waals surface area contributed by atoms with Crippen LogP contribution in [-0.2, 0) is 0 Å². The molecular formula is C16H19NO2. The third-order valence-electron chi connectivity index (χ3n) is 2.80. The molecule has 100 valence electrons. The van der Waals surface area contributed by atoms with E-state index in [4.69, 9.17) is 9.47 Å². The maximum atomic E-state index is 5.70. The zero-order valence-electron chi connectivity index (χ0n) is 11.8. The van der Waals surface area contributed by atoms with Gasteiger partial charge in [0.1, 0.15) is 11.5 Å². The van der Waals surface area contributed by atoms with Crippen molar-refractivity contribution in [3.05, 3.63) is 42.1 Å². The van der Waals surface area contributed by atoms with Gasteiger partial charge in [-0.2, -0.15) is 0 Å². The van der Waals surface area contributed by atoms with Crippen LogP contribution in [0.3, 0.4) is 0 Å². The fourth-order valence-electron chi connectivity index (χ4n) is 2.03. The lowest BCUT2D eigenvalue weighted by Crippen LogP contribution is -2.05. The normalized spacial score (nSPS) is 10.6. The summed E-state index contributed by atoms with van der Waals surface area (Å²) >= 11 is 0. The average molecular weight is 257 g/mol. The Bertz CT molecular complexity index is 564. The molecule has 2 rings (SSSR count). The van der Waals surface area contributed by atoms with Gasteiger partial charge in [-0.25, -0.2) is 0 Å². The van der Waals surface area contributed by atoms with Gasteiger partial charge in [-0.1, -0.05) is 12.1 Å². The molecule has 0 aliphatic rings. The monoisotopic (exact) mass is 257 g/mol. The lowest BCUT2D eigenvalue weighted by atomic mass is 10.1. The number of methoxy groups -OCH3 is 1. The molecule has 3 heteroatoms. The van der Waals surface area contributed by atoms with Gasteiger partial charge < -0.3 is 9.47 Å². The number of aryl methyl sites for hydroxylation is 1. The second-order valence-electron chi connectivity index (χ2n) is 4.70. The van der Waals surface area contributed by atoms with E-state index in [0.29, 0.717) is 0 Å². The van der Waals surface area contributed by atoms with Gasteiger partial charge in [0.05, 0.1) is 18.9 Å². The third kappa shape index (κ3) is 3.05. The zero-order valence-corrected chi connectivity index (χ0v) is 11.8. The minimum atomic E-state index is 0.148. The summed E-state index contributed by atoms with van der Waals surface area (Å²) in [7, 11) is 1.68. The lowest BCUT2D eigenvalue weighted by molar-refractivity contribution is 0.242. The molecule has 0 aliphatic carbocycles. The van der Waals surface area contributed by atoms with Crippen molar-refractivity contribution >= 4 is 0 Å². The molecule has 0 unspecified atom stereocenters. The van der Waals surface area contributed by atoms with E-state index in [9.17, 15) is 0 Å². The predicted molar refractivity (Wildman–Crippen MR) is 76.7 cm³/mol. The lowest BCUT2D eigenvalue weighted by Gasteiger charge is -2.13. The topological polar surface area (TPSA) is 31.4 Å². The summed E-state index contributed by atoms with van der Waals surface area (Å²) in [6.07, 6.45) is 1.91. The highest BCUT2D eigenvalue weighted by molar-refractivity contribution is 5.69. The molecule has 0 radical (unpaired) electrons. The molecule has 2 aromatic rings. The van der Waals surface area contributed by atoms with Crippen molar-refractivity contribution in [1.29, 1.82) is 0 Å². The molecule has 1 aromatic heterocycles. The van der Waals surface area contributed by atoms with Crippen molar-refractivity contribution in [3.8, 4) is 22.8 Å². The van der Waals surface area contributed by atoms with Crippen molar-refractivity contribution in [2.45, 2.75) is 26.9 Å². The average Bonchev–Trinajstić information content (AvgIpc) is 2.38. The van der Waals surface area contributed by atoms with Gasteiger partial charge in [0, 0.05) is 17.8 Å². The quantitative estimate of drug-likeness (QED) is 0.833. The molecule has 0 amide bonds. The fraction of sp³-hybridized carbons (Fsp3) is 0.312. The maximum Gasteiger partial charge on any atom is 0.131 e. The van der Waals surface area contributed by atoms with E-state index in [2.05, 4.69) is 4.98 Å². The molecule has 0 saturated carbocycles. The highest BCUT2D eigenvalue weighted by Crippen LogP contribution is 2.32. The van der Waals surface area contributed by atoms with Gasteiger partial charge in [-0.05, 0) is 38.5 Å². The van der Waals surface area contributed by atoms with Crippen LogP contribution in [-0.4, -0.2) is 18.2 Å². The molecule has 1 aromatic carbocycles. The Labute approximate surface area is 114 Å². The van der Waals surface area contributed by atoms with Crippen LogP contribution in [0.1, 0.15) is 19.4 Å². The van der Waals surface area contributed by atoms with Crippen molar-refractivity contribution in [1.82, 2.24) is 4.98 Å². The summed E-state index contributed by atoms with van der Waals surface area (Å²) in [4.78, 5) is 4.41. The number of aromatic nitrogens is 1. The van der Waals surface area contributed by atoms with Gasteiger partial charge in [0.25, 0.3) is 0 Å². The largest absolute Gasteiger partial charge is 0.496 e. The molecule has 0 atom stereocenters. The van der Waals surface area contributed by atoms with E-state index in [1.165, 1.54) is 0 Å². The van der Waals surface area contributed by atoms with Crippen LogP contribution in [0.2, 0.25) is 0 Å². The van der Waals surface area contributed by atoms with Crippen LogP contribution in [0.5, 0.6) is 11.5 Å². The fourth-order valence-corrected chi connectivity index (χ4v) is 2.03. The standard InChI is InChI=1S/C16H19NO2/c1-11(2)19-13-8-9-17-15(10-13)14-7-5-6-12(3)16(14)18-4/h5-11H,1-4H3. The van der Waals surface area contributed by atoms with Crippen LogP contribution in [0, 0.1) is 6.92 Å². The minimum Gasteiger partial charge on any atom is -0.496 e. The van der Waals surface area contributed by atoms with E-state index in [1.807, 2.05) is 51.1 Å². The van der Waals surface area contributed by atoms with Crippen LogP contribution < -0.4 is 9.47 Å². The SMILES string of the molecule is COc1c(C)cccc1-c1cc(OC(C)C)ccn1. The van der Waals surface area contributed by atoms with E-state index in [0.717, 1.165) is 28.3 Å². The van der Waals surface area contributed by atoms with Gasteiger partial charge in [-0.15, -0.1) is 0 Å². The molecular weight excluding hydrogens is 238 g/mol. The first-order valence-electron chi connectivity index (χ1n) is 6.38. The van der Waals surface area contributed by atoms with Crippen LogP contribution in [0.25, 0.3) is 11.3 Å². The number of hydrogen-bond donors (Lipinski definition) is 0. The molecule has 0 spiro atoms. The summed E-state index contributed by atoms with van der Waals surface area (Å²) in [6, 6.07) is 9.85. The molecule has 0 saturated heterocycles. The van der Waals surface area contributed by atoms with Crippen LogP contribution in [0.15, 0.2) is 36.5 Å². The highest BCUT2D eigenvalue weighted by atomic mass is 16.5. The molecule has 0 N–H and O–H groups in total. The van der Waals surface area contributed by atoms with Gasteiger partial charge in [0.2, 0.25) is 0 Å². The van der Waals surface area contributed by atoms with Crippen molar-refractivity contribution in [3.63, 3.8) is 0 Å². The predicted octanol–water partition coefficient (Wildman–Crippen LogP) is 3.85. The van der Waals surface area contributed by atoms with Gasteiger partial charge in [-0.3, -0.25) is 4.98 Å². The van der Waals surface area contributed by atoms with E-state index < -0.39 is 0 Å². The van der Waals surface area contributed by atoms with Crippen molar-refractivity contribution in [2.24, 2.45) is 0 Å². The number of rotatable bonds is 4. The number of nitrogens with zero attached hydrogens (tertiary/aromatic N) is 1. The molecule has 19 heavy (non-hydrogen) atoms. The van der Waals surface area contributed by atoms with Crippen LogP contribution in [0.4, 0.5) is 0 Å².